The van der Waals surface area contributed by atoms with E-state index in [1.54, 1.807) is 0 Å². The molecule has 0 saturated heterocycles. The van der Waals surface area contributed by atoms with Crippen LogP contribution in [0.4, 0.5) is 0 Å². The summed E-state index contributed by atoms with van der Waals surface area (Å²) < 4.78 is 6.49. The van der Waals surface area contributed by atoms with Crippen LogP contribution in [0.25, 0.3) is 0 Å². The van der Waals surface area contributed by atoms with Gasteiger partial charge in [-0.1, -0.05) is 56.0 Å². The highest BCUT2D eigenvalue weighted by Crippen LogP contribution is 2.33. The van der Waals surface area contributed by atoms with Crippen LogP contribution in [-0.4, -0.2) is 44.8 Å². The zero-order valence-electron chi connectivity index (χ0n) is 17.7. The minimum Gasteiger partial charge on any atom is -0.545 e. The molecule has 0 spiro atoms. The Bertz CT molecular complexity index is 603. The minimum absolute atomic E-state index is 0.0967. The Hall–Kier alpha value is -2.18. The lowest BCUT2D eigenvalue weighted by molar-refractivity contribution is -0.858. The van der Waals surface area contributed by atoms with E-state index in [1.807, 2.05) is 0 Å². The van der Waals surface area contributed by atoms with Crippen molar-refractivity contribution in [3.05, 3.63) is 48.0 Å². The van der Waals surface area contributed by atoms with Crippen LogP contribution in [0, 0.1) is 0 Å². The normalized spacial score (nSPS) is 16.1. The highest BCUT2D eigenvalue weighted by atomic mass is 16.5. The Kier molecular flexibility index (Phi) is 11.9. The molecule has 29 heavy (non-hydrogen) atoms. The summed E-state index contributed by atoms with van der Waals surface area (Å²) in [6.07, 6.45) is 10.9. The molecule has 0 aliphatic heterocycles. The molecule has 1 aromatic rings. The van der Waals surface area contributed by atoms with Gasteiger partial charge in [0.25, 0.3) is 0 Å². The first kappa shape index (κ1) is 24.9. The van der Waals surface area contributed by atoms with Crippen LogP contribution in [0.15, 0.2) is 42.5 Å². The summed E-state index contributed by atoms with van der Waals surface area (Å²) in [4.78, 5) is 20.3. The van der Waals surface area contributed by atoms with Gasteiger partial charge in [-0.05, 0) is 30.6 Å². The number of hydrogen-bond acceptors (Lipinski definition) is 5. The fourth-order valence-corrected chi connectivity index (χ4v) is 3.56. The highest BCUT2D eigenvalue weighted by molar-refractivity contribution is 5.87. The van der Waals surface area contributed by atoms with Gasteiger partial charge in [0.15, 0.2) is 0 Å². The standard InChI is InChI=1S/C19H31NO.C4H4O4/c1-20(2)15-10-16-21-19(13-8-3-4-9-14-19)17-18-11-6-5-7-12-18;5-3(6)1-2-4(7)8/h5-7,11-12H,3-4,8-10,13-17H2,1-2H3;1-2H,(H,5,6)(H,7,8)/p-1/b;2-1+. The van der Waals surface area contributed by atoms with E-state index < -0.39 is 11.9 Å². The van der Waals surface area contributed by atoms with E-state index in [9.17, 15) is 19.8 Å². The molecule has 0 radical (unpaired) electrons. The largest absolute Gasteiger partial charge is 0.545 e. The zero-order valence-corrected chi connectivity index (χ0v) is 17.7. The molecule has 1 aliphatic carbocycles. The fourth-order valence-electron chi connectivity index (χ4n) is 3.56. The first-order chi connectivity index (χ1) is 13.8. The number of nitrogens with one attached hydrogen (secondary N) is 1. The average Bonchev–Trinajstić information content (AvgIpc) is 2.91. The lowest BCUT2D eigenvalue weighted by Gasteiger charge is -2.33. The van der Waals surface area contributed by atoms with Crippen molar-refractivity contribution in [1.82, 2.24) is 0 Å². The number of rotatable bonds is 9. The van der Waals surface area contributed by atoms with Crippen molar-refractivity contribution in [1.29, 1.82) is 0 Å². The topological polar surface area (TPSA) is 93.9 Å². The Morgan fingerprint density at radius 1 is 1.00 bits per heavy atom. The Morgan fingerprint density at radius 3 is 2.03 bits per heavy atom. The maximum absolute atomic E-state index is 9.41. The van der Waals surface area contributed by atoms with Gasteiger partial charge in [-0.3, -0.25) is 0 Å². The second-order valence-electron chi connectivity index (χ2n) is 7.89. The molecule has 1 fully saturated rings. The van der Waals surface area contributed by atoms with Crippen molar-refractivity contribution in [2.45, 2.75) is 57.0 Å². The molecule has 1 saturated carbocycles. The Balaban J connectivity index is 0.000000447. The molecule has 162 valence electrons. The quantitative estimate of drug-likeness (QED) is 0.353. The van der Waals surface area contributed by atoms with Gasteiger partial charge < -0.3 is 29.4 Å². The predicted octanol–water partition coefficient (Wildman–Crippen LogP) is -0.0843. The second-order valence-corrected chi connectivity index (χ2v) is 7.89. The summed E-state index contributed by atoms with van der Waals surface area (Å²) in [7, 11) is 4.43. The van der Waals surface area contributed by atoms with Crippen molar-refractivity contribution >= 4 is 11.9 Å². The summed E-state index contributed by atoms with van der Waals surface area (Å²) in [5.74, 6) is -3.09. The summed E-state index contributed by atoms with van der Waals surface area (Å²) in [6.45, 7) is 2.11. The van der Waals surface area contributed by atoms with E-state index in [2.05, 4.69) is 44.4 Å². The van der Waals surface area contributed by atoms with Gasteiger partial charge in [0, 0.05) is 12.8 Å². The maximum Gasteiger partial charge on any atom is 0.0789 e. The van der Waals surface area contributed by atoms with Crippen molar-refractivity contribution in [3.8, 4) is 0 Å². The van der Waals surface area contributed by atoms with Crippen molar-refractivity contribution in [2.75, 3.05) is 27.2 Å². The van der Waals surface area contributed by atoms with Gasteiger partial charge in [0.2, 0.25) is 0 Å². The van der Waals surface area contributed by atoms with E-state index >= 15 is 0 Å². The lowest BCUT2D eigenvalue weighted by Crippen LogP contribution is -3.05. The van der Waals surface area contributed by atoms with Crippen LogP contribution >= 0.6 is 0 Å². The monoisotopic (exact) mass is 404 g/mol. The molecule has 2 rings (SSSR count). The number of quaternary nitrogens is 1. The van der Waals surface area contributed by atoms with E-state index in [-0.39, 0.29) is 5.60 Å². The molecule has 0 heterocycles. The number of hydrogen-bond donors (Lipinski definition) is 1. The molecular weight excluding hydrogens is 370 g/mol. The first-order valence-corrected chi connectivity index (χ1v) is 10.4. The fraction of sp³-hybridized carbons (Fsp3) is 0.565. The molecule has 1 aliphatic rings. The van der Waals surface area contributed by atoms with Crippen molar-refractivity contribution < 1.29 is 29.4 Å². The third-order valence-electron chi connectivity index (χ3n) is 4.97. The van der Waals surface area contributed by atoms with E-state index in [4.69, 9.17) is 4.74 Å². The number of carbonyl (C=O) groups is 2. The molecule has 1 N–H and O–H groups in total. The van der Waals surface area contributed by atoms with E-state index in [1.165, 1.54) is 62.0 Å². The predicted molar refractivity (Wildman–Crippen MR) is 108 cm³/mol. The summed E-state index contributed by atoms with van der Waals surface area (Å²) >= 11 is 0. The van der Waals surface area contributed by atoms with Gasteiger partial charge in [0.1, 0.15) is 0 Å². The van der Waals surface area contributed by atoms with E-state index in [0.29, 0.717) is 12.2 Å². The zero-order chi connectivity index (χ0) is 21.5. The van der Waals surface area contributed by atoms with Crippen LogP contribution in [0.5, 0.6) is 0 Å². The number of aliphatic carboxylic acids is 2. The summed E-state index contributed by atoms with van der Waals surface area (Å²) in [5, 5.41) is 18.8. The lowest BCUT2D eigenvalue weighted by atomic mass is 9.87. The smallest absolute Gasteiger partial charge is 0.0789 e. The molecule has 0 unspecified atom stereocenters. The molecular formula is C23H34NO5-. The molecule has 6 heteroatoms. The SMILES string of the molecule is C[NH+](C)CCCOC1(Cc2ccccc2)CCCCCC1.O=C([O-])/C=C/C(=O)[O-]. The van der Waals surface area contributed by atoms with Gasteiger partial charge in [-0.2, -0.15) is 0 Å². The number of ether oxygens (including phenoxy) is 1. The third kappa shape index (κ3) is 12.1. The van der Waals surface area contributed by atoms with Gasteiger partial charge >= 0.3 is 0 Å². The van der Waals surface area contributed by atoms with Gasteiger partial charge in [-0.25, -0.2) is 0 Å². The summed E-state index contributed by atoms with van der Waals surface area (Å²) in [5.41, 5.74) is 1.53. The van der Waals surface area contributed by atoms with Gasteiger partial charge in [-0.15, -0.1) is 0 Å². The van der Waals surface area contributed by atoms with Crippen LogP contribution < -0.4 is 15.1 Å². The molecule has 6 nitrogen and oxygen atoms in total. The second kappa shape index (κ2) is 13.9. The highest BCUT2D eigenvalue weighted by Gasteiger charge is 2.32. The van der Waals surface area contributed by atoms with Gasteiger partial charge in [0.05, 0.1) is 44.8 Å². The molecule has 0 aromatic heterocycles. The molecule has 0 atom stereocenters. The maximum atomic E-state index is 9.41. The number of carboxylic acids is 2. The average molecular weight is 405 g/mol. The Labute approximate surface area is 174 Å². The van der Waals surface area contributed by atoms with Crippen LogP contribution in [-0.2, 0) is 20.7 Å². The van der Waals surface area contributed by atoms with Crippen LogP contribution in [0.3, 0.4) is 0 Å². The minimum atomic E-state index is -1.55. The van der Waals surface area contributed by atoms with Crippen molar-refractivity contribution in [3.63, 3.8) is 0 Å². The van der Waals surface area contributed by atoms with Crippen LogP contribution in [0.1, 0.15) is 50.5 Å². The first-order valence-electron chi connectivity index (χ1n) is 10.4. The number of carboxylic acid groups (broad SMARTS) is 2. The molecule has 1 aromatic carbocycles. The van der Waals surface area contributed by atoms with Crippen molar-refractivity contribution in [2.24, 2.45) is 0 Å². The molecule has 0 amide bonds. The van der Waals surface area contributed by atoms with Crippen LogP contribution in [0.2, 0.25) is 0 Å². The summed E-state index contributed by atoms with van der Waals surface area (Å²) in [6, 6.07) is 10.9. The third-order valence-corrected chi connectivity index (χ3v) is 4.97. The Morgan fingerprint density at radius 2 is 1.55 bits per heavy atom. The van der Waals surface area contributed by atoms with E-state index in [0.717, 1.165) is 13.0 Å². The number of carbonyl (C=O) groups excluding carboxylic acids is 2. The number of benzene rings is 1. The molecule has 0 bridgehead atoms.